The first-order valence-corrected chi connectivity index (χ1v) is 17.3. The molecule has 1 atom stereocenters. The van der Waals surface area contributed by atoms with Gasteiger partial charge in [-0.25, -0.2) is 0 Å². The van der Waals surface area contributed by atoms with Crippen LogP contribution in [0.2, 0.25) is 0 Å². The molecule has 0 fully saturated rings. The first-order valence-electron chi connectivity index (χ1n) is 16.2. The lowest BCUT2D eigenvalue weighted by Crippen LogP contribution is -2.28. The van der Waals surface area contributed by atoms with E-state index in [9.17, 15) is 19.5 Å². The van der Waals surface area contributed by atoms with Gasteiger partial charge in [0, 0.05) is 23.0 Å². The van der Waals surface area contributed by atoms with Crippen LogP contribution in [0.3, 0.4) is 0 Å². The maximum atomic E-state index is 12.5. The zero-order valence-electron chi connectivity index (χ0n) is 26.9. The molecule has 2 aromatic carbocycles. The molecule has 2 rings (SSSR count). The maximum Gasteiger partial charge on any atom is 0.310 e. The van der Waals surface area contributed by atoms with Crippen LogP contribution in [0.25, 0.3) is 0 Å². The van der Waals surface area contributed by atoms with Crippen LogP contribution in [0.1, 0.15) is 102 Å². The highest BCUT2D eigenvalue weighted by Crippen LogP contribution is 2.30. The normalized spacial score (nSPS) is 11.7. The number of methoxy groups -OCH3 is 1. The zero-order chi connectivity index (χ0) is 32.7. The van der Waals surface area contributed by atoms with Crippen molar-refractivity contribution in [1.82, 2.24) is 5.32 Å². The van der Waals surface area contributed by atoms with Crippen molar-refractivity contribution in [2.75, 3.05) is 13.7 Å². The second kappa shape index (κ2) is 23.3. The van der Waals surface area contributed by atoms with Crippen molar-refractivity contribution in [1.29, 1.82) is 0 Å². The van der Waals surface area contributed by atoms with Crippen molar-refractivity contribution >= 4 is 40.4 Å². The van der Waals surface area contributed by atoms with Crippen LogP contribution in [0, 0.1) is 3.57 Å². The lowest BCUT2D eigenvalue weighted by Gasteiger charge is -2.16. The van der Waals surface area contributed by atoms with Gasteiger partial charge in [-0.15, -0.1) is 0 Å². The molecule has 0 saturated heterocycles. The van der Waals surface area contributed by atoms with Crippen LogP contribution in [0.4, 0.5) is 0 Å². The number of rotatable bonds is 23. The van der Waals surface area contributed by atoms with Crippen molar-refractivity contribution in [3.63, 3.8) is 0 Å². The van der Waals surface area contributed by atoms with Crippen molar-refractivity contribution in [2.24, 2.45) is 0 Å². The van der Waals surface area contributed by atoms with E-state index in [1.165, 1.54) is 20.0 Å². The van der Waals surface area contributed by atoms with Crippen molar-refractivity contribution in [3.8, 4) is 11.5 Å². The Morgan fingerprint density at radius 1 is 0.933 bits per heavy atom. The number of hydrogen-bond acceptors (Lipinski definition) is 7. The van der Waals surface area contributed by atoms with Crippen LogP contribution in [-0.2, 0) is 36.8 Å². The highest BCUT2D eigenvalue weighted by atomic mass is 127. The van der Waals surface area contributed by atoms with Crippen molar-refractivity contribution < 1.29 is 33.7 Å². The van der Waals surface area contributed by atoms with Gasteiger partial charge in [0.1, 0.15) is 6.10 Å². The second-order valence-corrected chi connectivity index (χ2v) is 12.4. The van der Waals surface area contributed by atoms with Gasteiger partial charge in [0.2, 0.25) is 0 Å². The van der Waals surface area contributed by atoms with E-state index in [0.717, 1.165) is 78.9 Å². The number of carbonyl (C=O) groups excluding carboxylic acids is 3. The van der Waals surface area contributed by atoms with Gasteiger partial charge in [0.25, 0.3) is 5.91 Å². The zero-order valence-corrected chi connectivity index (χ0v) is 29.0. The highest BCUT2D eigenvalue weighted by Gasteiger charge is 2.14. The Balaban J connectivity index is 1.54. The summed E-state index contributed by atoms with van der Waals surface area (Å²) in [5.74, 6) is -0.548. The van der Waals surface area contributed by atoms with Gasteiger partial charge in [0.15, 0.2) is 18.1 Å². The molecular formula is C36H50INO7. The number of ether oxygens (including phenoxy) is 3. The van der Waals surface area contributed by atoms with E-state index in [2.05, 4.69) is 47.0 Å². The molecule has 0 aliphatic carbocycles. The number of carbonyl (C=O) groups is 3. The highest BCUT2D eigenvalue weighted by molar-refractivity contribution is 14.1. The third-order valence-electron chi connectivity index (χ3n) is 7.37. The van der Waals surface area contributed by atoms with E-state index in [1.807, 2.05) is 30.3 Å². The van der Waals surface area contributed by atoms with Crippen LogP contribution in [0.5, 0.6) is 11.5 Å². The Kier molecular flexibility index (Phi) is 19.7. The Bertz CT molecular complexity index is 1190. The molecule has 0 bridgehead atoms. The average molecular weight is 736 g/mol. The lowest BCUT2D eigenvalue weighted by molar-refractivity contribution is -0.149. The maximum absolute atomic E-state index is 12.5. The molecule has 45 heavy (non-hydrogen) atoms. The summed E-state index contributed by atoms with van der Waals surface area (Å²) in [4.78, 5) is 36.6. The molecule has 0 aliphatic rings. The fourth-order valence-electron chi connectivity index (χ4n) is 4.79. The predicted octanol–water partition coefficient (Wildman–Crippen LogP) is 7.97. The minimum absolute atomic E-state index is 0.0377. The van der Waals surface area contributed by atoms with Crippen LogP contribution in [-0.4, -0.2) is 42.8 Å². The van der Waals surface area contributed by atoms with E-state index in [4.69, 9.17) is 14.2 Å². The number of hydrogen-bond donors (Lipinski definition) is 2. The lowest BCUT2D eigenvalue weighted by atomic mass is 10.1. The number of phenolic OH excluding ortho intramolecular Hbond substituents is 1. The summed E-state index contributed by atoms with van der Waals surface area (Å²) in [6, 6.07) is 13.0. The number of phenols is 1. The van der Waals surface area contributed by atoms with Gasteiger partial charge in [0.05, 0.1) is 13.5 Å². The molecule has 248 valence electrons. The standard InChI is InChI=1S/C36H50INO7/c1-3-4-5-15-20-30(45-36(42)23-28-18-13-12-14-19-28)21-16-10-8-6-7-9-11-17-22-35(41)44-27-34(40)38-26-29-24-33(43-2)32(39)25-31(29)37/h10,12-14,16,18-19,24-25,30,39H,3-9,11,15,17,20-23,26-27H2,1-2H3,(H,38,40)/b16-10-. The molecule has 0 saturated carbocycles. The van der Waals surface area contributed by atoms with E-state index in [1.54, 1.807) is 12.1 Å². The molecule has 0 radical (unpaired) electrons. The predicted molar refractivity (Wildman–Crippen MR) is 185 cm³/mol. The van der Waals surface area contributed by atoms with Gasteiger partial charge in [-0.1, -0.05) is 87.9 Å². The summed E-state index contributed by atoms with van der Waals surface area (Å²) >= 11 is 2.07. The first kappa shape index (κ1) is 38.1. The molecule has 1 unspecified atom stereocenters. The number of benzene rings is 2. The summed E-state index contributed by atoms with van der Waals surface area (Å²) in [6.07, 6.45) is 17.0. The fraction of sp³-hybridized carbons (Fsp3) is 0.528. The third-order valence-corrected chi connectivity index (χ3v) is 8.38. The van der Waals surface area contributed by atoms with Gasteiger partial charge < -0.3 is 24.6 Å². The van der Waals surface area contributed by atoms with Crippen LogP contribution >= 0.6 is 22.6 Å². The van der Waals surface area contributed by atoms with Gasteiger partial charge in [-0.05, 0) is 78.0 Å². The number of nitrogens with one attached hydrogen (secondary N) is 1. The van der Waals surface area contributed by atoms with E-state index < -0.39 is 0 Å². The molecule has 9 heteroatoms. The molecule has 0 aromatic heterocycles. The number of aromatic hydroxyl groups is 1. The SMILES string of the molecule is CCCCCCC(C/C=C\CCCCCCCC(=O)OCC(=O)NCc1cc(OC)c(O)cc1I)OC(=O)Cc1ccccc1. The number of allylic oxidation sites excluding steroid dienone is 1. The molecule has 0 heterocycles. The Morgan fingerprint density at radius 3 is 2.42 bits per heavy atom. The molecule has 8 nitrogen and oxygen atoms in total. The first-order chi connectivity index (χ1) is 21.8. The summed E-state index contributed by atoms with van der Waals surface area (Å²) in [7, 11) is 1.46. The average Bonchev–Trinajstić information content (AvgIpc) is 3.02. The second-order valence-electron chi connectivity index (χ2n) is 11.2. The summed E-state index contributed by atoms with van der Waals surface area (Å²) in [6.45, 7) is 2.12. The number of esters is 2. The quantitative estimate of drug-likeness (QED) is 0.0516. The molecule has 2 aromatic rings. The molecule has 2 N–H and O–H groups in total. The summed E-state index contributed by atoms with van der Waals surface area (Å²) in [5, 5.41) is 12.5. The monoisotopic (exact) mass is 735 g/mol. The fourth-order valence-corrected chi connectivity index (χ4v) is 5.43. The largest absolute Gasteiger partial charge is 0.504 e. The van der Waals surface area contributed by atoms with Crippen molar-refractivity contribution in [3.05, 3.63) is 69.3 Å². The van der Waals surface area contributed by atoms with Gasteiger partial charge in [-0.3, -0.25) is 14.4 Å². The smallest absolute Gasteiger partial charge is 0.310 e. The summed E-state index contributed by atoms with van der Waals surface area (Å²) in [5.41, 5.74) is 1.77. The Labute approximate surface area is 282 Å². The molecule has 1 amide bonds. The summed E-state index contributed by atoms with van der Waals surface area (Å²) < 4.78 is 16.8. The number of amides is 1. The topological polar surface area (TPSA) is 111 Å². The third kappa shape index (κ3) is 17.3. The van der Waals surface area contributed by atoms with E-state index in [0.29, 0.717) is 18.6 Å². The van der Waals surface area contributed by atoms with Gasteiger partial charge >= 0.3 is 11.9 Å². The number of unbranched alkanes of at least 4 members (excludes halogenated alkanes) is 8. The van der Waals surface area contributed by atoms with E-state index in [-0.39, 0.29) is 42.9 Å². The minimum Gasteiger partial charge on any atom is -0.504 e. The van der Waals surface area contributed by atoms with E-state index >= 15 is 0 Å². The molecular weight excluding hydrogens is 685 g/mol. The Morgan fingerprint density at radius 2 is 1.67 bits per heavy atom. The molecule has 0 aliphatic heterocycles. The number of halogens is 1. The van der Waals surface area contributed by atoms with Crippen LogP contribution < -0.4 is 10.1 Å². The minimum atomic E-state index is -0.382. The van der Waals surface area contributed by atoms with Crippen LogP contribution in [0.15, 0.2) is 54.6 Å². The van der Waals surface area contributed by atoms with Gasteiger partial charge in [-0.2, -0.15) is 0 Å². The molecule has 0 spiro atoms. The Hall–Kier alpha value is -3.08. The van der Waals surface area contributed by atoms with Crippen molar-refractivity contribution in [2.45, 2.75) is 109 Å².